The van der Waals surface area contributed by atoms with E-state index in [2.05, 4.69) is 4.98 Å². The molecule has 36 heavy (non-hydrogen) atoms. The molecule has 1 N–H and O–H groups in total. The number of ether oxygens (including phenoxy) is 2. The standard InChI is InChI=1S/C28H30N2O5S/c31-27(32)19-22-6-8-24(9-7-22)34-20-23-12-16-30(17-13-23)28(33)35-25-10-4-21(5-11-25)14-18-36-26-3-1-2-15-29-26/h1-11,15,23H,12-14,16-20H2,(H,31,32). The molecule has 8 heteroatoms. The number of carbonyl (C=O) groups excluding carboxylic acids is 1. The number of aromatic nitrogens is 1. The predicted molar refractivity (Wildman–Crippen MR) is 139 cm³/mol. The molecule has 2 heterocycles. The van der Waals surface area contributed by atoms with Crippen LogP contribution >= 0.6 is 11.8 Å². The lowest BCUT2D eigenvalue weighted by atomic mass is 9.98. The average Bonchev–Trinajstić information content (AvgIpc) is 2.90. The van der Waals surface area contributed by atoms with Crippen molar-refractivity contribution in [2.45, 2.75) is 30.7 Å². The molecular weight excluding hydrogens is 476 g/mol. The molecule has 0 radical (unpaired) electrons. The number of rotatable bonds is 10. The fourth-order valence-electron chi connectivity index (χ4n) is 3.97. The van der Waals surface area contributed by atoms with E-state index >= 15 is 0 Å². The van der Waals surface area contributed by atoms with E-state index < -0.39 is 5.97 Å². The fraction of sp³-hybridized carbons (Fsp3) is 0.321. The number of benzene rings is 2. The topological polar surface area (TPSA) is 89.0 Å². The van der Waals surface area contributed by atoms with Crippen LogP contribution in [0.15, 0.2) is 78.0 Å². The highest BCUT2D eigenvalue weighted by Crippen LogP contribution is 2.22. The highest BCUT2D eigenvalue weighted by molar-refractivity contribution is 7.99. The number of hydrogen-bond acceptors (Lipinski definition) is 6. The Balaban J connectivity index is 1.14. The van der Waals surface area contributed by atoms with Gasteiger partial charge in [-0.05, 0) is 72.7 Å². The lowest BCUT2D eigenvalue weighted by Gasteiger charge is -2.31. The van der Waals surface area contributed by atoms with E-state index in [1.165, 1.54) is 5.56 Å². The summed E-state index contributed by atoms with van der Waals surface area (Å²) in [6.07, 6.45) is 4.09. The summed E-state index contributed by atoms with van der Waals surface area (Å²) in [5.41, 5.74) is 1.94. The van der Waals surface area contributed by atoms with Crippen molar-refractivity contribution in [3.05, 3.63) is 84.1 Å². The van der Waals surface area contributed by atoms with Crippen molar-refractivity contribution < 1.29 is 24.2 Å². The van der Waals surface area contributed by atoms with Crippen LogP contribution < -0.4 is 9.47 Å². The molecule has 0 unspecified atom stereocenters. The van der Waals surface area contributed by atoms with Gasteiger partial charge in [-0.25, -0.2) is 9.78 Å². The third-order valence-corrected chi connectivity index (χ3v) is 6.99. The third-order valence-electron chi connectivity index (χ3n) is 6.04. The van der Waals surface area contributed by atoms with Crippen LogP contribution in [0.25, 0.3) is 0 Å². The summed E-state index contributed by atoms with van der Waals surface area (Å²) in [6.45, 7) is 1.84. The number of thioether (sulfide) groups is 1. The number of carboxylic acid groups (broad SMARTS) is 1. The Morgan fingerprint density at radius 3 is 2.31 bits per heavy atom. The molecule has 1 aliphatic rings. The van der Waals surface area contributed by atoms with Crippen LogP contribution in [0, 0.1) is 5.92 Å². The molecule has 1 saturated heterocycles. The van der Waals surface area contributed by atoms with Crippen LogP contribution in [-0.4, -0.2) is 52.5 Å². The van der Waals surface area contributed by atoms with Gasteiger partial charge in [-0.3, -0.25) is 4.79 Å². The zero-order chi connectivity index (χ0) is 25.2. The van der Waals surface area contributed by atoms with Crippen LogP contribution in [0.3, 0.4) is 0 Å². The molecular formula is C28H30N2O5S. The summed E-state index contributed by atoms with van der Waals surface area (Å²) in [6, 6.07) is 20.8. The van der Waals surface area contributed by atoms with Gasteiger partial charge in [-0.1, -0.05) is 30.3 Å². The Kier molecular flexibility index (Phi) is 9.21. The zero-order valence-corrected chi connectivity index (χ0v) is 20.9. The van der Waals surface area contributed by atoms with Crippen LogP contribution in [0.5, 0.6) is 11.5 Å². The smallest absolute Gasteiger partial charge is 0.415 e. The number of hydrogen-bond donors (Lipinski definition) is 1. The second-order valence-electron chi connectivity index (χ2n) is 8.73. The minimum absolute atomic E-state index is 0.00478. The second kappa shape index (κ2) is 13.0. The summed E-state index contributed by atoms with van der Waals surface area (Å²) in [7, 11) is 0. The molecule has 0 atom stereocenters. The molecule has 0 saturated carbocycles. The van der Waals surface area contributed by atoms with Gasteiger partial charge < -0.3 is 19.5 Å². The van der Waals surface area contributed by atoms with Gasteiger partial charge in [0, 0.05) is 25.0 Å². The van der Waals surface area contributed by atoms with Crippen molar-refractivity contribution >= 4 is 23.8 Å². The van der Waals surface area contributed by atoms with Crippen molar-refractivity contribution in [3.8, 4) is 11.5 Å². The van der Waals surface area contributed by atoms with E-state index in [0.717, 1.165) is 41.4 Å². The van der Waals surface area contributed by atoms with Gasteiger partial charge in [0.05, 0.1) is 18.1 Å². The Bertz CT molecular complexity index is 1110. The van der Waals surface area contributed by atoms with Crippen LogP contribution in [0.1, 0.15) is 24.0 Å². The Morgan fingerprint density at radius 1 is 0.944 bits per heavy atom. The number of carboxylic acids is 1. The summed E-state index contributed by atoms with van der Waals surface area (Å²) < 4.78 is 11.5. The van der Waals surface area contributed by atoms with Crippen molar-refractivity contribution in [1.29, 1.82) is 0 Å². The lowest BCUT2D eigenvalue weighted by Crippen LogP contribution is -2.41. The van der Waals surface area contributed by atoms with Gasteiger partial charge in [-0.2, -0.15) is 0 Å². The van der Waals surface area contributed by atoms with Gasteiger partial charge in [0.15, 0.2) is 0 Å². The van der Waals surface area contributed by atoms with E-state index in [4.69, 9.17) is 14.6 Å². The monoisotopic (exact) mass is 506 g/mol. The maximum Gasteiger partial charge on any atom is 0.415 e. The number of likely N-dealkylation sites (tertiary alicyclic amines) is 1. The molecule has 1 amide bonds. The summed E-state index contributed by atoms with van der Waals surface area (Å²) in [5, 5.41) is 9.87. The Morgan fingerprint density at radius 2 is 1.64 bits per heavy atom. The maximum absolute atomic E-state index is 12.6. The fourth-order valence-corrected chi connectivity index (χ4v) is 4.83. The Labute approximate surface area is 215 Å². The van der Waals surface area contributed by atoms with E-state index in [-0.39, 0.29) is 12.5 Å². The molecule has 3 aromatic rings. The first-order chi connectivity index (χ1) is 17.5. The van der Waals surface area contributed by atoms with Crippen LogP contribution in [-0.2, 0) is 17.6 Å². The first-order valence-electron chi connectivity index (χ1n) is 12.1. The summed E-state index contributed by atoms with van der Waals surface area (Å²) >= 11 is 1.72. The molecule has 0 spiro atoms. The number of nitrogens with zero attached hydrogens (tertiary/aromatic N) is 2. The van der Waals surface area contributed by atoms with Crippen LogP contribution in [0.2, 0.25) is 0 Å². The average molecular weight is 507 g/mol. The largest absolute Gasteiger partial charge is 0.493 e. The first-order valence-corrected chi connectivity index (χ1v) is 13.1. The lowest BCUT2D eigenvalue weighted by molar-refractivity contribution is -0.136. The maximum atomic E-state index is 12.6. The van der Waals surface area contributed by atoms with Gasteiger partial charge >= 0.3 is 12.1 Å². The molecule has 0 aliphatic carbocycles. The molecule has 7 nitrogen and oxygen atoms in total. The van der Waals surface area contributed by atoms with Crippen molar-refractivity contribution in [2.24, 2.45) is 5.92 Å². The zero-order valence-electron chi connectivity index (χ0n) is 20.0. The molecule has 1 aromatic heterocycles. The summed E-state index contributed by atoms with van der Waals surface area (Å²) in [5.74, 6) is 1.72. The SMILES string of the molecule is O=C(O)Cc1ccc(OCC2CCN(C(=O)Oc3ccc(CCSc4ccccn4)cc3)CC2)cc1. The van der Waals surface area contributed by atoms with E-state index in [1.54, 1.807) is 47.1 Å². The number of aryl methyl sites for hydroxylation is 1. The number of pyridine rings is 1. The Hall–Kier alpha value is -3.52. The normalized spacial score (nSPS) is 13.8. The molecule has 1 aliphatic heterocycles. The number of amides is 1. The molecule has 1 fully saturated rings. The molecule has 188 valence electrons. The van der Waals surface area contributed by atoms with Gasteiger partial charge in [-0.15, -0.1) is 11.8 Å². The van der Waals surface area contributed by atoms with Gasteiger partial charge in [0.2, 0.25) is 0 Å². The van der Waals surface area contributed by atoms with E-state index in [9.17, 15) is 9.59 Å². The minimum atomic E-state index is -0.849. The summed E-state index contributed by atoms with van der Waals surface area (Å²) in [4.78, 5) is 29.4. The predicted octanol–water partition coefficient (Wildman–Crippen LogP) is 5.33. The highest BCUT2D eigenvalue weighted by atomic mass is 32.2. The van der Waals surface area contributed by atoms with E-state index in [0.29, 0.717) is 31.4 Å². The number of carbonyl (C=O) groups is 2. The van der Waals surface area contributed by atoms with Crippen molar-refractivity contribution in [3.63, 3.8) is 0 Å². The molecule has 0 bridgehead atoms. The number of aliphatic carboxylic acids is 1. The molecule has 4 rings (SSSR count). The van der Waals surface area contributed by atoms with Crippen molar-refractivity contribution in [2.75, 3.05) is 25.4 Å². The number of piperidine rings is 1. The second-order valence-corrected chi connectivity index (χ2v) is 9.85. The first kappa shape index (κ1) is 25.6. The van der Waals surface area contributed by atoms with Crippen LogP contribution in [0.4, 0.5) is 4.79 Å². The minimum Gasteiger partial charge on any atom is -0.493 e. The van der Waals surface area contributed by atoms with E-state index in [1.807, 2.05) is 42.5 Å². The molecule has 2 aromatic carbocycles. The van der Waals surface area contributed by atoms with Crippen molar-refractivity contribution in [1.82, 2.24) is 9.88 Å². The quantitative estimate of drug-likeness (QED) is 0.372. The third kappa shape index (κ3) is 8.02. The van der Waals surface area contributed by atoms with Gasteiger partial charge in [0.1, 0.15) is 11.5 Å². The highest BCUT2D eigenvalue weighted by Gasteiger charge is 2.24. The van der Waals surface area contributed by atoms with Gasteiger partial charge in [0.25, 0.3) is 0 Å².